The molecule has 1 saturated heterocycles. The molecule has 4 nitrogen and oxygen atoms in total. The summed E-state index contributed by atoms with van der Waals surface area (Å²) in [5.41, 5.74) is 1.07. The number of piperidine rings is 1. The summed E-state index contributed by atoms with van der Waals surface area (Å²) < 4.78 is 43.0. The van der Waals surface area contributed by atoms with E-state index in [0.717, 1.165) is 23.6 Å². The Labute approximate surface area is 180 Å². The Morgan fingerprint density at radius 2 is 1.93 bits per heavy atom. The van der Waals surface area contributed by atoms with Crippen LogP contribution >= 0.6 is 22.7 Å². The average molecular weight is 451 g/mol. The average Bonchev–Trinajstić information content (AvgIpc) is 3.39. The summed E-state index contributed by atoms with van der Waals surface area (Å²) >= 11 is 2.45. The lowest BCUT2D eigenvalue weighted by atomic mass is 10.1. The Morgan fingerprint density at radius 3 is 2.67 bits per heavy atom. The van der Waals surface area contributed by atoms with Crippen LogP contribution in [0.5, 0.6) is 0 Å². The van der Waals surface area contributed by atoms with E-state index in [2.05, 4.69) is 34.2 Å². The first-order valence-electron chi connectivity index (χ1n) is 9.66. The van der Waals surface area contributed by atoms with E-state index in [9.17, 15) is 13.2 Å². The molecule has 0 saturated carbocycles. The van der Waals surface area contributed by atoms with Crippen molar-refractivity contribution >= 4 is 54.5 Å². The van der Waals surface area contributed by atoms with Crippen LogP contribution in [-0.2, 0) is 0 Å². The molecule has 0 amide bonds. The van der Waals surface area contributed by atoms with E-state index in [0.29, 0.717) is 14.9 Å². The van der Waals surface area contributed by atoms with E-state index < -0.39 is 23.1 Å². The molecule has 0 bridgehead atoms. The molecule has 1 fully saturated rings. The summed E-state index contributed by atoms with van der Waals surface area (Å²) in [6.07, 6.45) is 5.27. The van der Waals surface area contributed by atoms with Gasteiger partial charge in [-0.2, -0.15) is 0 Å². The molecule has 1 aliphatic heterocycles. The molecular weight excluding hydrogens is 429 g/mol. The fraction of sp³-hybridized carbons (Fsp3) is 0.333. The van der Waals surface area contributed by atoms with Crippen molar-refractivity contribution in [2.24, 2.45) is 0 Å². The zero-order chi connectivity index (χ0) is 21.3. The van der Waals surface area contributed by atoms with Crippen molar-refractivity contribution in [1.29, 1.82) is 0 Å². The lowest BCUT2D eigenvalue weighted by Gasteiger charge is -2.29. The fourth-order valence-electron chi connectivity index (χ4n) is 3.44. The molecule has 1 aliphatic rings. The van der Waals surface area contributed by atoms with Gasteiger partial charge in [0.1, 0.15) is 16.0 Å². The standard InChI is InChI=1S/C14H6F3N3S2.C7H15N/c15-7-3-9-13(19-5-22-9)10(17)12(7)20-11-6-1-2-21-14(6)18-4-8(11)16;1-7-5-3-4-6-8(7)2/h1-5H,(H,18,20);7H,3-6H2,1-2H3. The van der Waals surface area contributed by atoms with Crippen molar-refractivity contribution in [3.63, 3.8) is 0 Å². The van der Waals surface area contributed by atoms with Gasteiger partial charge in [-0.1, -0.05) is 6.42 Å². The van der Waals surface area contributed by atoms with Gasteiger partial charge in [0, 0.05) is 11.4 Å². The van der Waals surface area contributed by atoms with Gasteiger partial charge in [-0.25, -0.2) is 23.1 Å². The maximum atomic E-state index is 14.4. The number of nitrogens with one attached hydrogen (secondary N) is 1. The Balaban J connectivity index is 0.000000230. The quantitative estimate of drug-likeness (QED) is 0.376. The fourth-order valence-corrected chi connectivity index (χ4v) is 4.88. The smallest absolute Gasteiger partial charge is 0.176 e. The third-order valence-corrected chi connectivity index (χ3v) is 6.95. The number of hydrogen-bond acceptors (Lipinski definition) is 6. The van der Waals surface area contributed by atoms with Crippen LogP contribution in [0.3, 0.4) is 0 Å². The van der Waals surface area contributed by atoms with Crippen molar-refractivity contribution in [2.45, 2.75) is 32.2 Å². The van der Waals surface area contributed by atoms with Crippen molar-refractivity contribution in [3.05, 3.63) is 46.7 Å². The number of benzene rings is 1. The maximum absolute atomic E-state index is 14.4. The number of aromatic nitrogens is 2. The van der Waals surface area contributed by atoms with Gasteiger partial charge in [-0.3, -0.25) is 0 Å². The molecule has 9 heteroatoms. The second-order valence-electron chi connectivity index (χ2n) is 7.32. The first-order chi connectivity index (χ1) is 14.5. The van der Waals surface area contributed by atoms with Crippen LogP contribution < -0.4 is 5.32 Å². The van der Waals surface area contributed by atoms with Crippen LogP contribution in [0.15, 0.2) is 29.2 Å². The Bertz CT molecular complexity index is 1160. The molecule has 5 rings (SSSR count). The molecule has 1 N–H and O–H groups in total. The van der Waals surface area contributed by atoms with Gasteiger partial charge in [0.2, 0.25) is 0 Å². The van der Waals surface area contributed by atoms with Crippen LogP contribution in [0.25, 0.3) is 20.4 Å². The van der Waals surface area contributed by atoms with E-state index in [1.54, 1.807) is 11.4 Å². The zero-order valence-electron chi connectivity index (χ0n) is 16.6. The maximum Gasteiger partial charge on any atom is 0.176 e. The molecule has 3 aromatic heterocycles. The number of likely N-dealkylation sites (tertiary alicyclic amines) is 1. The van der Waals surface area contributed by atoms with Gasteiger partial charge in [-0.05, 0) is 50.9 Å². The Kier molecular flexibility index (Phi) is 6.21. The number of halogens is 3. The zero-order valence-corrected chi connectivity index (χ0v) is 18.2. The minimum atomic E-state index is -0.837. The minimum Gasteiger partial charge on any atom is -0.348 e. The number of hydrogen-bond donors (Lipinski definition) is 1. The number of thiophene rings is 1. The summed E-state index contributed by atoms with van der Waals surface area (Å²) in [6, 6.07) is 3.67. The Morgan fingerprint density at radius 1 is 1.10 bits per heavy atom. The molecule has 30 heavy (non-hydrogen) atoms. The molecule has 1 aromatic carbocycles. The highest BCUT2D eigenvalue weighted by atomic mass is 32.1. The number of fused-ring (bicyclic) bond motifs is 2. The minimum absolute atomic E-state index is 0.00127. The number of pyridine rings is 1. The predicted molar refractivity (Wildman–Crippen MR) is 118 cm³/mol. The number of rotatable bonds is 2. The molecule has 0 spiro atoms. The van der Waals surface area contributed by atoms with Crippen molar-refractivity contribution < 1.29 is 13.2 Å². The molecule has 0 aliphatic carbocycles. The Hall–Kier alpha value is -2.23. The van der Waals surface area contributed by atoms with Gasteiger partial charge < -0.3 is 10.2 Å². The lowest BCUT2D eigenvalue weighted by Crippen LogP contribution is -2.33. The normalized spacial score (nSPS) is 17.2. The molecule has 4 aromatic rings. The molecular formula is C21H21F3N4S2. The summed E-state index contributed by atoms with van der Waals surface area (Å²) in [5, 5.41) is 4.74. The van der Waals surface area contributed by atoms with E-state index in [-0.39, 0.29) is 11.2 Å². The molecule has 158 valence electrons. The molecule has 1 atom stereocenters. The number of anilines is 2. The third-order valence-electron chi connectivity index (χ3n) is 5.35. The van der Waals surface area contributed by atoms with E-state index >= 15 is 0 Å². The second kappa shape index (κ2) is 8.87. The first kappa shape index (κ1) is 21.0. The first-order valence-corrected chi connectivity index (χ1v) is 11.4. The predicted octanol–water partition coefficient (Wildman–Crippen LogP) is 6.56. The van der Waals surface area contributed by atoms with Crippen LogP contribution in [0.4, 0.5) is 24.5 Å². The van der Waals surface area contributed by atoms with Gasteiger partial charge in [0.05, 0.1) is 22.1 Å². The molecule has 0 radical (unpaired) electrons. The van der Waals surface area contributed by atoms with Crippen LogP contribution in [0.2, 0.25) is 0 Å². The molecule has 4 heterocycles. The van der Waals surface area contributed by atoms with Crippen molar-refractivity contribution in [1.82, 2.24) is 14.9 Å². The summed E-state index contributed by atoms with van der Waals surface area (Å²) in [4.78, 5) is 10.8. The highest BCUT2D eigenvalue weighted by Gasteiger charge is 2.19. The summed E-state index contributed by atoms with van der Waals surface area (Å²) in [7, 11) is 2.21. The van der Waals surface area contributed by atoms with Gasteiger partial charge in [0.25, 0.3) is 0 Å². The van der Waals surface area contributed by atoms with E-state index in [4.69, 9.17) is 0 Å². The summed E-state index contributed by atoms with van der Waals surface area (Å²) in [5.74, 6) is -2.31. The van der Waals surface area contributed by atoms with E-state index in [1.165, 1.54) is 48.7 Å². The largest absolute Gasteiger partial charge is 0.348 e. The van der Waals surface area contributed by atoms with Crippen LogP contribution in [0.1, 0.15) is 26.2 Å². The SMILES string of the molecule is CC1CCCCN1C.Fc1cc2scnc2c(F)c1Nc1c(F)cnc2sccc12. The van der Waals surface area contributed by atoms with Crippen molar-refractivity contribution in [2.75, 3.05) is 18.9 Å². The molecule has 1 unspecified atom stereocenters. The highest BCUT2D eigenvalue weighted by molar-refractivity contribution is 7.17. The highest BCUT2D eigenvalue weighted by Crippen LogP contribution is 2.35. The van der Waals surface area contributed by atoms with Crippen LogP contribution in [-0.4, -0.2) is 34.5 Å². The van der Waals surface area contributed by atoms with Crippen molar-refractivity contribution in [3.8, 4) is 0 Å². The van der Waals surface area contributed by atoms with E-state index in [1.807, 2.05) is 0 Å². The monoisotopic (exact) mass is 450 g/mol. The van der Waals surface area contributed by atoms with Gasteiger partial charge in [0.15, 0.2) is 17.5 Å². The van der Waals surface area contributed by atoms with Gasteiger partial charge in [-0.15, -0.1) is 22.7 Å². The van der Waals surface area contributed by atoms with Crippen LogP contribution in [0, 0.1) is 17.5 Å². The lowest BCUT2D eigenvalue weighted by molar-refractivity contribution is 0.200. The second-order valence-corrected chi connectivity index (χ2v) is 9.10. The topological polar surface area (TPSA) is 41.1 Å². The summed E-state index contributed by atoms with van der Waals surface area (Å²) in [6.45, 7) is 3.61. The third kappa shape index (κ3) is 4.14. The number of thiazole rings is 1. The number of nitrogens with zero attached hydrogens (tertiary/aromatic N) is 3. The van der Waals surface area contributed by atoms with Gasteiger partial charge >= 0.3 is 0 Å².